The number of carbonyl (C=O) groups excluding carboxylic acids is 1. The molecule has 2 saturated heterocycles. The van der Waals surface area contributed by atoms with Crippen molar-refractivity contribution in [2.24, 2.45) is 5.92 Å². The normalized spacial score (nSPS) is 26.0. The number of aliphatic hydroxyl groups is 1. The van der Waals surface area contributed by atoms with Gasteiger partial charge in [-0.1, -0.05) is 13.0 Å². The van der Waals surface area contributed by atoms with E-state index in [1.165, 1.54) is 25.3 Å². The van der Waals surface area contributed by atoms with Gasteiger partial charge in [0.25, 0.3) is 5.91 Å². The van der Waals surface area contributed by atoms with E-state index in [0.717, 1.165) is 19.1 Å². The van der Waals surface area contributed by atoms with Crippen LogP contribution in [0.15, 0.2) is 30.5 Å². The molecule has 39 heavy (non-hydrogen) atoms. The van der Waals surface area contributed by atoms with Crippen molar-refractivity contribution in [3.63, 3.8) is 0 Å². The summed E-state index contributed by atoms with van der Waals surface area (Å²) in [5.74, 6) is -6.79. The third-order valence-corrected chi connectivity index (χ3v) is 7.38. The Bertz CT molecular complexity index is 1160. The molecule has 214 valence electrons. The second kappa shape index (κ2) is 11.7. The summed E-state index contributed by atoms with van der Waals surface area (Å²) in [7, 11) is 0. The van der Waals surface area contributed by atoms with Crippen molar-refractivity contribution in [1.29, 1.82) is 0 Å². The smallest absolute Gasteiger partial charge is 0.417 e. The number of morpholine rings is 1. The molecule has 1 amide bonds. The van der Waals surface area contributed by atoms with E-state index in [1.54, 1.807) is 0 Å². The molecule has 0 spiro atoms. The van der Waals surface area contributed by atoms with Crippen molar-refractivity contribution in [3.05, 3.63) is 53.4 Å². The minimum atomic E-state index is -4.88. The number of alkyl halides is 3. The number of amides is 1. The van der Waals surface area contributed by atoms with Gasteiger partial charge in [0.05, 0.1) is 37.4 Å². The summed E-state index contributed by atoms with van der Waals surface area (Å²) in [5.41, 5.74) is -2.40. The number of halogens is 5. The number of anilines is 1. The van der Waals surface area contributed by atoms with Crippen molar-refractivity contribution < 1.29 is 46.1 Å². The molecule has 2 fully saturated rings. The van der Waals surface area contributed by atoms with E-state index in [9.17, 15) is 22.4 Å². The van der Waals surface area contributed by atoms with Crippen LogP contribution in [0.3, 0.4) is 0 Å². The van der Waals surface area contributed by atoms with E-state index in [2.05, 4.69) is 10.3 Å². The average molecular weight is 560 g/mol. The minimum Gasteiger partial charge on any atom is -0.489 e. The lowest BCUT2D eigenvalue weighted by Gasteiger charge is -2.32. The van der Waals surface area contributed by atoms with Gasteiger partial charge >= 0.3 is 6.18 Å². The van der Waals surface area contributed by atoms with Gasteiger partial charge in [-0.25, -0.2) is 4.39 Å². The lowest BCUT2D eigenvalue weighted by atomic mass is 9.77. The predicted octanol–water partition coefficient (Wildman–Crippen LogP) is 3.64. The summed E-state index contributed by atoms with van der Waals surface area (Å²) in [6.45, 7) is 4.31. The Morgan fingerprint density at radius 1 is 1.23 bits per heavy atom. The molecule has 0 unspecified atom stereocenters. The highest BCUT2D eigenvalue weighted by Gasteiger charge is 2.66. The number of hydrogen-bond acceptors (Lipinski definition) is 7. The number of benzene rings is 1. The van der Waals surface area contributed by atoms with Gasteiger partial charge in [0.2, 0.25) is 5.82 Å². The van der Waals surface area contributed by atoms with E-state index in [1.807, 2.05) is 4.90 Å². The monoisotopic (exact) mass is 559 g/mol. The van der Waals surface area contributed by atoms with E-state index >= 15 is 4.39 Å². The standard InChI is InChI=1S/C26H30F5N3O5/c1-15-20(18-5-6-19(27)21(28)22(18)38-12-9-34-7-10-37-11-8-34)23(39-25(15,2)26(29,30)31)24(36)33-16-3-4-17(14-35)32-13-16/h3-6,13,15,20,23,35H,7-12,14H2,1-2H3,(H,33,36)/t15-,20-,23+,25+/m0/s1. The Morgan fingerprint density at radius 3 is 2.56 bits per heavy atom. The minimum absolute atomic E-state index is 0.0639. The molecule has 0 radical (unpaired) electrons. The van der Waals surface area contributed by atoms with Crippen molar-refractivity contribution in [1.82, 2.24) is 9.88 Å². The van der Waals surface area contributed by atoms with Crippen LogP contribution in [0.2, 0.25) is 0 Å². The highest BCUT2D eigenvalue weighted by molar-refractivity contribution is 5.95. The van der Waals surface area contributed by atoms with Gasteiger partial charge in [0, 0.05) is 37.0 Å². The van der Waals surface area contributed by atoms with E-state index in [-0.39, 0.29) is 24.5 Å². The molecule has 4 atom stereocenters. The maximum atomic E-state index is 15.1. The Balaban J connectivity index is 1.66. The lowest BCUT2D eigenvalue weighted by Crippen LogP contribution is -2.47. The van der Waals surface area contributed by atoms with Gasteiger partial charge in [0.15, 0.2) is 17.2 Å². The highest BCUT2D eigenvalue weighted by Crippen LogP contribution is 2.55. The van der Waals surface area contributed by atoms with Gasteiger partial charge in [-0.05, 0) is 25.1 Å². The largest absolute Gasteiger partial charge is 0.489 e. The first kappa shape index (κ1) is 29.1. The van der Waals surface area contributed by atoms with Crippen LogP contribution >= 0.6 is 0 Å². The number of nitrogens with zero attached hydrogens (tertiary/aromatic N) is 2. The van der Waals surface area contributed by atoms with Crippen LogP contribution in [-0.4, -0.2) is 78.2 Å². The van der Waals surface area contributed by atoms with Gasteiger partial charge in [-0.2, -0.15) is 17.6 Å². The van der Waals surface area contributed by atoms with Gasteiger partial charge in [-0.3, -0.25) is 14.7 Å². The van der Waals surface area contributed by atoms with Gasteiger partial charge in [-0.15, -0.1) is 0 Å². The molecule has 13 heteroatoms. The van der Waals surface area contributed by atoms with Crippen LogP contribution < -0.4 is 10.1 Å². The molecule has 4 rings (SSSR count). The fourth-order valence-electron chi connectivity index (χ4n) is 4.89. The van der Waals surface area contributed by atoms with Crippen molar-refractivity contribution in [2.45, 2.75) is 44.3 Å². The zero-order valence-corrected chi connectivity index (χ0v) is 21.4. The number of aromatic nitrogens is 1. The molecule has 0 saturated carbocycles. The maximum absolute atomic E-state index is 15.1. The summed E-state index contributed by atoms with van der Waals surface area (Å²) >= 11 is 0. The molecule has 2 aliphatic rings. The van der Waals surface area contributed by atoms with E-state index < -0.39 is 53.0 Å². The molecule has 2 N–H and O–H groups in total. The quantitative estimate of drug-likeness (QED) is 0.477. The second-order valence-electron chi connectivity index (χ2n) is 9.73. The first-order chi connectivity index (χ1) is 18.5. The van der Waals surface area contributed by atoms with Crippen LogP contribution in [0.5, 0.6) is 5.75 Å². The summed E-state index contributed by atoms with van der Waals surface area (Å²) < 4.78 is 88.3. The first-order valence-electron chi connectivity index (χ1n) is 12.5. The number of ether oxygens (including phenoxy) is 3. The van der Waals surface area contributed by atoms with E-state index in [4.69, 9.17) is 19.3 Å². The number of aliphatic hydroxyl groups excluding tert-OH is 1. The van der Waals surface area contributed by atoms with Gasteiger partial charge in [0.1, 0.15) is 12.7 Å². The molecule has 8 nitrogen and oxygen atoms in total. The van der Waals surface area contributed by atoms with Crippen LogP contribution in [0.1, 0.15) is 31.0 Å². The molecule has 2 aliphatic heterocycles. The first-order valence-corrected chi connectivity index (χ1v) is 12.5. The SMILES string of the molecule is C[C@H]1[C@@H](c2ccc(F)c(F)c2OCCN2CCOCC2)[C@H](C(=O)Nc2ccc(CO)nc2)O[C@@]1(C)C(F)(F)F. The maximum Gasteiger partial charge on any atom is 0.417 e. The lowest BCUT2D eigenvalue weighted by molar-refractivity contribution is -0.272. The molecule has 2 aromatic rings. The Kier molecular flexibility index (Phi) is 8.74. The second-order valence-corrected chi connectivity index (χ2v) is 9.73. The highest BCUT2D eigenvalue weighted by atomic mass is 19.4. The number of hydrogen-bond donors (Lipinski definition) is 2. The molecule has 1 aromatic heterocycles. The zero-order chi connectivity index (χ0) is 28.4. The Labute approximate surface area is 222 Å². The molecule has 1 aromatic carbocycles. The average Bonchev–Trinajstić information content (AvgIpc) is 3.19. The summed E-state index contributed by atoms with van der Waals surface area (Å²) in [6.07, 6.45) is -5.37. The van der Waals surface area contributed by atoms with Crippen molar-refractivity contribution in [2.75, 3.05) is 44.8 Å². The van der Waals surface area contributed by atoms with Crippen LogP contribution in [-0.2, 0) is 20.9 Å². The molecular weight excluding hydrogens is 529 g/mol. The molecule has 0 bridgehead atoms. The predicted molar refractivity (Wildman–Crippen MR) is 129 cm³/mol. The fraction of sp³-hybridized carbons (Fsp3) is 0.538. The molecule has 0 aliphatic carbocycles. The zero-order valence-electron chi connectivity index (χ0n) is 21.4. The van der Waals surface area contributed by atoms with Gasteiger partial charge < -0.3 is 24.6 Å². The number of carbonyl (C=O) groups is 1. The number of rotatable bonds is 8. The number of nitrogens with one attached hydrogen (secondary N) is 1. The fourth-order valence-corrected chi connectivity index (χ4v) is 4.89. The third kappa shape index (κ3) is 6.01. The summed E-state index contributed by atoms with van der Waals surface area (Å²) in [6, 6.07) is 4.78. The van der Waals surface area contributed by atoms with Crippen LogP contribution in [0.4, 0.5) is 27.6 Å². The summed E-state index contributed by atoms with van der Waals surface area (Å²) in [5, 5.41) is 11.6. The van der Waals surface area contributed by atoms with Crippen LogP contribution in [0.25, 0.3) is 0 Å². The molecule has 3 heterocycles. The topological polar surface area (TPSA) is 93.2 Å². The van der Waals surface area contributed by atoms with Crippen molar-refractivity contribution in [3.8, 4) is 5.75 Å². The van der Waals surface area contributed by atoms with Crippen molar-refractivity contribution >= 4 is 11.6 Å². The third-order valence-electron chi connectivity index (χ3n) is 7.38. The number of pyridine rings is 1. The van der Waals surface area contributed by atoms with Crippen LogP contribution in [0, 0.1) is 17.6 Å². The Morgan fingerprint density at radius 2 is 1.95 bits per heavy atom. The summed E-state index contributed by atoms with van der Waals surface area (Å²) in [4.78, 5) is 19.2. The molecular formula is C26H30F5N3O5. The Hall–Kier alpha value is -2.87. The van der Waals surface area contributed by atoms with E-state index in [0.29, 0.717) is 38.5 Å².